The third-order valence-corrected chi connectivity index (χ3v) is 6.48. The molecule has 28 heavy (non-hydrogen) atoms. The number of piperazine rings is 1. The largest absolute Gasteiger partial charge is 0.507 e. The Morgan fingerprint density at radius 1 is 1.11 bits per heavy atom. The zero-order valence-corrected chi connectivity index (χ0v) is 16.3. The van der Waals surface area contributed by atoms with Gasteiger partial charge in [0.15, 0.2) is 5.82 Å². The molecule has 0 radical (unpaired) electrons. The van der Waals surface area contributed by atoms with E-state index < -0.39 is 0 Å². The summed E-state index contributed by atoms with van der Waals surface area (Å²) in [6.07, 6.45) is 2.49. The molecule has 2 atom stereocenters. The Morgan fingerprint density at radius 3 is 2.75 bits per heavy atom. The van der Waals surface area contributed by atoms with E-state index in [9.17, 15) is 5.11 Å². The summed E-state index contributed by atoms with van der Waals surface area (Å²) in [6.45, 7) is 7.66. The van der Waals surface area contributed by atoms with Crippen molar-refractivity contribution < 1.29 is 5.11 Å². The van der Waals surface area contributed by atoms with Crippen LogP contribution in [0.25, 0.3) is 11.3 Å². The maximum absolute atomic E-state index is 10.2. The summed E-state index contributed by atoms with van der Waals surface area (Å²) in [5.41, 5.74) is 2.54. The second-order valence-electron chi connectivity index (χ2n) is 8.15. The fourth-order valence-corrected chi connectivity index (χ4v) is 4.90. The Bertz CT molecular complexity index is 853. The van der Waals surface area contributed by atoms with Gasteiger partial charge in [0.25, 0.3) is 0 Å². The first-order valence-electron chi connectivity index (χ1n) is 10.3. The van der Waals surface area contributed by atoms with Crippen molar-refractivity contribution in [2.45, 2.75) is 37.9 Å². The number of nitrogens with one attached hydrogen (secondary N) is 2. The predicted molar refractivity (Wildman–Crippen MR) is 111 cm³/mol. The number of aromatic nitrogens is 2. The zero-order valence-electron chi connectivity index (χ0n) is 16.3. The summed E-state index contributed by atoms with van der Waals surface area (Å²) >= 11 is 0. The highest BCUT2D eigenvalue weighted by atomic mass is 16.3. The molecule has 4 heterocycles. The van der Waals surface area contributed by atoms with E-state index in [1.807, 2.05) is 18.2 Å². The number of piperidine rings is 1. The first kappa shape index (κ1) is 17.7. The number of aromatic hydroxyl groups is 1. The smallest absolute Gasteiger partial charge is 0.172 e. The van der Waals surface area contributed by atoms with Crippen LogP contribution < -0.4 is 15.5 Å². The SMILES string of the molecule is C[C@H]1Nc2nnc(-c3ccccc3O)cc2N2CCN(C3CCNCC3)C[C@H]12. The number of fused-ring (bicyclic) bond motifs is 3. The van der Waals surface area contributed by atoms with Gasteiger partial charge in [-0.15, -0.1) is 10.2 Å². The Balaban J connectivity index is 1.43. The Kier molecular flexibility index (Phi) is 4.56. The number of phenols is 1. The molecule has 3 aliphatic rings. The molecular formula is C21H28N6O. The molecule has 0 bridgehead atoms. The summed E-state index contributed by atoms with van der Waals surface area (Å²) < 4.78 is 0. The lowest BCUT2D eigenvalue weighted by atomic mass is 9.96. The van der Waals surface area contributed by atoms with E-state index in [4.69, 9.17) is 0 Å². The standard InChI is InChI=1S/C21H28N6O/c1-14-19-13-26(15-6-8-22-9-7-15)10-11-27(19)18-12-17(24-25-21(18)23-14)16-4-2-3-5-20(16)28/h2-5,12,14-15,19,22,28H,6-11,13H2,1H3,(H,23,25)/t14-,19-/m1/s1. The number of rotatable bonds is 2. The Hall–Kier alpha value is -2.38. The molecule has 3 N–H and O–H groups in total. The van der Waals surface area contributed by atoms with Crippen LogP contribution in [-0.2, 0) is 0 Å². The van der Waals surface area contributed by atoms with Gasteiger partial charge in [-0.25, -0.2) is 0 Å². The van der Waals surface area contributed by atoms with Crippen LogP contribution in [0.3, 0.4) is 0 Å². The molecule has 0 amide bonds. The number of phenolic OH excluding ortho intramolecular Hbond substituents is 1. The third kappa shape index (κ3) is 3.08. The number of benzene rings is 1. The molecule has 2 fully saturated rings. The lowest BCUT2D eigenvalue weighted by Crippen LogP contribution is -2.63. The number of para-hydroxylation sites is 1. The number of nitrogens with zero attached hydrogens (tertiary/aromatic N) is 4. The van der Waals surface area contributed by atoms with Crippen molar-refractivity contribution in [1.29, 1.82) is 0 Å². The first-order valence-corrected chi connectivity index (χ1v) is 10.3. The molecule has 0 saturated carbocycles. The van der Waals surface area contributed by atoms with E-state index >= 15 is 0 Å². The number of hydrogen-bond acceptors (Lipinski definition) is 7. The van der Waals surface area contributed by atoms with Gasteiger partial charge in [0, 0.05) is 37.3 Å². The highest BCUT2D eigenvalue weighted by Gasteiger charge is 2.39. The van der Waals surface area contributed by atoms with Gasteiger partial charge in [-0.2, -0.15) is 0 Å². The quantitative estimate of drug-likeness (QED) is 0.735. The minimum Gasteiger partial charge on any atom is -0.507 e. The van der Waals surface area contributed by atoms with Crippen molar-refractivity contribution in [3.8, 4) is 17.0 Å². The minimum atomic E-state index is 0.237. The average molecular weight is 380 g/mol. The summed E-state index contributed by atoms with van der Waals surface area (Å²) in [4.78, 5) is 5.18. The predicted octanol–water partition coefficient (Wildman–Crippen LogP) is 1.91. The summed E-state index contributed by atoms with van der Waals surface area (Å²) in [5.74, 6) is 1.08. The van der Waals surface area contributed by atoms with Crippen molar-refractivity contribution in [3.05, 3.63) is 30.3 Å². The highest BCUT2D eigenvalue weighted by Crippen LogP contribution is 2.38. The molecular weight excluding hydrogens is 352 g/mol. The molecule has 0 aliphatic carbocycles. The van der Waals surface area contributed by atoms with Gasteiger partial charge >= 0.3 is 0 Å². The van der Waals surface area contributed by atoms with Gasteiger partial charge < -0.3 is 20.6 Å². The van der Waals surface area contributed by atoms with Crippen LogP contribution in [0.4, 0.5) is 11.5 Å². The second-order valence-corrected chi connectivity index (χ2v) is 8.15. The van der Waals surface area contributed by atoms with E-state index in [0.717, 1.165) is 49.8 Å². The summed E-state index contributed by atoms with van der Waals surface area (Å²) in [5, 5.41) is 26.1. The van der Waals surface area contributed by atoms with Gasteiger partial charge in [-0.1, -0.05) is 12.1 Å². The lowest BCUT2D eigenvalue weighted by molar-refractivity contribution is 0.128. The van der Waals surface area contributed by atoms with E-state index in [1.54, 1.807) is 6.07 Å². The number of hydrogen-bond donors (Lipinski definition) is 3. The molecule has 7 heteroatoms. The fraction of sp³-hybridized carbons (Fsp3) is 0.524. The van der Waals surface area contributed by atoms with Crippen molar-refractivity contribution in [2.75, 3.05) is 42.9 Å². The molecule has 2 aromatic rings. The Labute approximate surface area is 165 Å². The third-order valence-electron chi connectivity index (χ3n) is 6.48. The lowest BCUT2D eigenvalue weighted by Gasteiger charge is -2.50. The number of anilines is 2. The molecule has 5 rings (SSSR count). The van der Waals surface area contributed by atoms with Gasteiger partial charge in [0.2, 0.25) is 0 Å². The van der Waals surface area contributed by atoms with Gasteiger partial charge in [0.05, 0.1) is 17.4 Å². The van der Waals surface area contributed by atoms with Crippen molar-refractivity contribution in [3.63, 3.8) is 0 Å². The highest BCUT2D eigenvalue weighted by molar-refractivity contribution is 5.76. The second kappa shape index (κ2) is 7.22. The molecule has 7 nitrogen and oxygen atoms in total. The van der Waals surface area contributed by atoms with Crippen LogP contribution in [0.15, 0.2) is 30.3 Å². The molecule has 1 aromatic heterocycles. The zero-order chi connectivity index (χ0) is 19.1. The van der Waals surface area contributed by atoms with Crippen molar-refractivity contribution in [1.82, 2.24) is 20.4 Å². The van der Waals surface area contributed by atoms with E-state index in [1.165, 1.54) is 12.8 Å². The van der Waals surface area contributed by atoms with Crippen LogP contribution >= 0.6 is 0 Å². The molecule has 3 aliphatic heterocycles. The topological polar surface area (TPSA) is 76.6 Å². The fourth-order valence-electron chi connectivity index (χ4n) is 4.90. The van der Waals surface area contributed by atoms with Crippen LogP contribution in [0.1, 0.15) is 19.8 Å². The summed E-state index contributed by atoms with van der Waals surface area (Å²) in [6, 6.07) is 10.8. The van der Waals surface area contributed by atoms with Crippen LogP contribution in [0.5, 0.6) is 5.75 Å². The van der Waals surface area contributed by atoms with Crippen LogP contribution in [0, 0.1) is 0 Å². The monoisotopic (exact) mass is 380 g/mol. The molecule has 148 valence electrons. The molecule has 1 aromatic carbocycles. The van der Waals surface area contributed by atoms with Crippen LogP contribution in [0.2, 0.25) is 0 Å². The van der Waals surface area contributed by atoms with Crippen molar-refractivity contribution >= 4 is 11.5 Å². The maximum atomic E-state index is 10.2. The minimum absolute atomic E-state index is 0.237. The molecule has 2 saturated heterocycles. The molecule has 0 spiro atoms. The first-order chi connectivity index (χ1) is 13.7. The maximum Gasteiger partial charge on any atom is 0.172 e. The van der Waals surface area contributed by atoms with E-state index in [2.05, 4.69) is 43.6 Å². The van der Waals surface area contributed by atoms with Gasteiger partial charge in [-0.3, -0.25) is 4.90 Å². The normalized spacial score (nSPS) is 25.7. The van der Waals surface area contributed by atoms with Gasteiger partial charge in [-0.05, 0) is 51.1 Å². The average Bonchev–Trinajstić information content (AvgIpc) is 2.74. The Morgan fingerprint density at radius 2 is 1.93 bits per heavy atom. The van der Waals surface area contributed by atoms with E-state index in [-0.39, 0.29) is 5.75 Å². The molecule has 0 unspecified atom stereocenters. The van der Waals surface area contributed by atoms with Crippen molar-refractivity contribution in [2.24, 2.45) is 0 Å². The van der Waals surface area contributed by atoms with E-state index in [0.29, 0.717) is 23.8 Å². The van der Waals surface area contributed by atoms with Crippen LogP contribution in [-0.4, -0.2) is 71.1 Å². The summed E-state index contributed by atoms with van der Waals surface area (Å²) in [7, 11) is 0. The van der Waals surface area contributed by atoms with Gasteiger partial charge in [0.1, 0.15) is 5.75 Å².